The molecule has 1 aliphatic rings. The molecule has 1 N–H and O–H groups in total. The van der Waals surface area contributed by atoms with Crippen molar-refractivity contribution < 1.29 is 14.3 Å². The molecule has 33 heavy (non-hydrogen) atoms. The van der Waals surface area contributed by atoms with Gasteiger partial charge in [0, 0.05) is 0 Å². The van der Waals surface area contributed by atoms with Crippen LogP contribution >= 0.6 is 24.0 Å². The second kappa shape index (κ2) is 9.65. The van der Waals surface area contributed by atoms with Crippen LogP contribution < -0.4 is 15.0 Å². The first kappa shape index (κ1) is 22.2. The standard InChI is InChI=1S/C24H16N4O3S2/c1-33-22-15(14-25)7-8-16(26-22)13-20-21(29)27-24(32)28(23(20)30)17-9-11-19(12-10-17)31-18-5-3-2-4-6-18/h2-13H,1H3,(H,27,29,32). The Balaban J connectivity index is 1.61. The Morgan fingerprint density at radius 2 is 1.76 bits per heavy atom. The summed E-state index contributed by atoms with van der Waals surface area (Å²) in [6.45, 7) is 0. The molecule has 0 spiro atoms. The first-order valence-corrected chi connectivity index (χ1v) is 11.3. The number of nitriles is 1. The molecule has 2 heterocycles. The third kappa shape index (κ3) is 4.77. The van der Waals surface area contributed by atoms with Crippen LogP contribution in [0, 0.1) is 11.3 Å². The van der Waals surface area contributed by atoms with Gasteiger partial charge in [0.2, 0.25) is 0 Å². The summed E-state index contributed by atoms with van der Waals surface area (Å²) in [6.07, 6.45) is 3.18. The minimum absolute atomic E-state index is 0.0172. The van der Waals surface area contributed by atoms with Crippen molar-refractivity contribution in [2.75, 3.05) is 11.2 Å². The van der Waals surface area contributed by atoms with E-state index in [1.807, 2.05) is 30.3 Å². The summed E-state index contributed by atoms with van der Waals surface area (Å²) in [5, 5.41) is 12.2. The fourth-order valence-electron chi connectivity index (χ4n) is 3.10. The Morgan fingerprint density at radius 1 is 1.06 bits per heavy atom. The van der Waals surface area contributed by atoms with Gasteiger partial charge in [-0.15, -0.1) is 11.8 Å². The van der Waals surface area contributed by atoms with Crippen LogP contribution in [0.15, 0.2) is 77.3 Å². The molecule has 0 saturated carbocycles. The number of para-hydroxylation sites is 1. The first-order valence-electron chi connectivity index (χ1n) is 9.69. The third-order valence-electron chi connectivity index (χ3n) is 4.66. The molecule has 9 heteroatoms. The normalized spacial score (nSPS) is 14.7. The number of amides is 2. The number of anilines is 1. The summed E-state index contributed by atoms with van der Waals surface area (Å²) < 4.78 is 5.78. The maximum absolute atomic E-state index is 13.2. The molecule has 0 unspecified atom stereocenters. The predicted molar refractivity (Wildman–Crippen MR) is 130 cm³/mol. The van der Waals surface area contributed by atoms with E-state index in [9.17, 15) is 14.9 Å². The van der Waals surface area contributed by atoms with Crippen LogP contribution in [0.4, 0.5) is 5.69 Å². The molecule has 0 aliphatic carbocycles. The van der Waals surface area contributed by atoms with E-state index in [-0.39, 0.29) is 10.7 Å². The van der Waals surface area contributed by atoms with Crippen molar-refractivity contribution in [3.63, 3.8) is 0 Å². The number of hydrogen-bond acceptors (Lipinski definition) is 7. The summed E-state index contributed by atoms with van der Waals surface area (Å²) >= 11 is 6.56. The fraction of sp³-hybridized carbons (Fsp3) is 0.0417. The summed E-state index contributed by atoms with van der Waals surface area (Å²) in [6, 6.07) is 21.4. The Bertz CT molecular complexity index is 1320. The van der Waals surface area contributed by atoms with Gasteiger partial charge in [0.05, 0.1) is 16.9 Å². The molecule has 7 nitrogen and oxygen atoms in total. The third-order valence-corrected chi connectivity index (χ3v) is 5.65. The molecule has 2 amide bonds. The number of carbonyl (C=O) groups excluding carboxylic acids is 2. The highest BCUT2D eigenvalue weighted by Crippen LogP contribution is 2.27. The van der Waals surface area contributed by atoms with Crippen LogP contribution in [-0.2, 0) is 9.59 Å². The number of benzene rings is 2. The molecule has 3 aromatic rings. The van der Waals surface area contributed by atoms with Crippen LogP contribution in [0.2, 0.25) is 0 Å². The topological polar surface area (TPSA) is 95.3 Å². The smallest absolute Gasteiger partial charge is 0.270 e. The van der Waals surface area contributed by atoms with Gasteiger partial charge in [0.1, 0.15) is 28.2 Å². The lowest BCUT2D eigenvalue weighted by Crippen LogP contribution is -2.54. The van der Waals surface area contributed by atoms with Gasteiger partial charge in [-0.05, 0) is 73.1 Å². The maximum Gasteiger partial charge on any atom is 0.270 e. The van der Waals surface area contributed by atoms with Gasteiger partial charge in [-0.25, -0.2) is 4.98 Å². The van der Waals surface area contributed by atoms with E-state index < -0.39 is 11.8 Å². The molecule has 2 aromatic carbocycles. The van der Waals surface area contributed by atoms with Crippen molar-refractivity contribution in [2.45, 2.75) is 5.03 Å². The number of carbonyl (C=O) groups is 2. The lowest BCUT2D eigenvalue weighted by Gasteiger charge is -2.29. The van der Waals surface area contributed by atoms with Crippen LogP contribution in [0.5, 0.6) is 11.5 Å². The molecular formula is C24H16N4O3S2. The number of aromatic nitrogens is 1. The van der Waals surface area contributed by atoms with Crippen molar-refractivity contribution in [3.8, 4) is 17.6 Å². The van der Waals surface area contributed by atoms with Gasteiger partial charge in [0.25, 0.3) is 11.8 Å². The monoisotopic (exact) mass is 472 g/mol. The summed E-state index contributed by atoms with van der Waals surface area (Å²) in [4.78, 5) is 31.3. The lowest BCUT2D eigenvalue weighted by molar-refractivity contribution is -0.122. The lowest BCUT2D eigenvalue weighted by atomic mass is 10.1. The fourth-order valence-corrected chi connectivity index (χ4v) is 3.91. The van der Waals surface area contributed by atoms with E-state index in [1.165, 1.54) is 22.7 Å². The van der Waals surface area contributed by atoms with Gasteiger partial charge in [0.15, 0.2) is 5.11 Å². The van der Waals surface area contributed by atoms with Crippen LogP contribution in [0.3, 0.4) is 0 Å². The molecule has 0 bridgehead atoms. The van der Waals surface area contributed by atoms with E-state index in [0.29, 0.717) is 33.5 Å². The zero-order chi connectivity index (χ0) is 23.4. The number of rotatable bonds is 5. The van der Waals surface area contributed by atoms with Crippen LogP contribution in [-0.4, -0.2) is 28.2 Å². The van der Waals surface area contributed by atoms with E-state index in [1.54, 1.807) is 42.7 Å². The number of nitrogens with zero attached hydrogens (tertiary/aromatic N) is 3. The zero-order valence-corrected chi connectivity index (χ0v) is 18.9. The van der Waals surface area contributed by atoms with Crippen molar-refractivity contribution in [3.05, 3.63) is 83.6 Å². The second-order valence-corrected chi connectivity index (χ2v) is 7.95. The SMILES string of the molecule is CSc1nc(C=C2C(=O)NC(=S)N(c3ccc(Oc4ccccc4)cc3)C2=O)ccc1C#N. The van der Waals surface area contributed by atoms with Gasteiger partial charge < -0.3 is 4.74 Å². The van der Waals surface area contributed by atoms with Gasteiger partial charge in [-0.3, -0.25) is 19.8 Å². The highest BCUT2D eigenvalue weighted by atomic mass is 32.2. The Morgan fingerprint density at radius 3 is 2.42 bits per heavy atom. The predicted octanol–water partition coefficient (Wildman–Crippen LogP) is 4.30. The number of pyridine rings is 1. The quantitative estimate of drug-likeness (QED) is 0.256. The molecule has 1 aliphatic heterocycles. The van der Waals surface area contributed by atoms with Crippen molar-refractivity contribution in [1.82, 2.24) is 10.3 Å². The molecule has 1 saturated heterocycles. The molecule has 162 valence electrons. The van der Waals surface area contributed by atoms with Gasteiger partial charge in [-0.1, -0.05) is 18.2 Å². The average molecular weight is 473 g/mol. The minimum Gasteiger partial charge on any atom is -0.457 e. The number of hydrogen-bond donors (Lipinski definition) is 1. The van der Waals surface area contributed by atoms with Crippen molar-refractivity contribution in [1.29, 1.82) is 5.26 Å². The summed E-state index contributed by atoms with van der Waals surface area (Å²) in [7, 11) is 0. The van der Waals surface area contributed by atoms with Crippen LogP contribution in [0.1, 0.15) is 11.3 Å². The van der Waals surface area contributed by atoms with E-state index in [4.69, 9.17) is 17.0 Å². The van der Waals surface area contributed by atoms with E-state index in [0.717, 1.165) is 0 Å². The Kier molecular flexibility index (Phi) is 6.49. The highest BCUT2D eigenvalue weighted by molar-refractivity contribution is 7.98. The second-order valence-electron chi connectivity index (χ2n) is 6.77. The summed E-state index contributed by atoms with van der Waals surface area (Å²) in [5.74, 6) is 0.0952. The van der Waals surface area contributed by atoms with Crippen molar-refractivity contribution in [2.24, 2.45) is 0 Å². The zero-order valence-electron chi connectivity index (χ0n) is 17.3. The maximum atomic E-state index is 13.2. The van der Waals surface area contributed by atoms with Gasteiger partial charge in [-0.2, -0.15) is 5.26 Å². The van der Waals surface area contributed by atoms with Crippen LogP contribution in [0.25, 0.3) is 6.08 Å². The first-order chi connectivity index (χ1) is 16.0. The molecule has 1 aromatic heterocycles. The molecular weight excluding hydrogens is 456 g/mol. The minimum atomic E-state index is -0.609. The summed E-state index contributed by atoms with van der Waals surface area (Å²) in [5.41, 5.74) is 1.17. The van der Waals surface area contributed by atoms with E-state index in [2.05, 4.69) is 16.4 Å². The number of thiocarbonyl (C=S) groups is 1. The number of thioether (sulfide) groups is 1. The largest absolute Gasteiger partial charge is 0.457 e. The van der Waals surface area contributed by atoms with Crippen molar-refractivity contribution >= 4 is 52.7 Å². The van der Waals surface area contributed by atoms with E-state index >= 15 is 0 Å². The molecule has 4 rings (SSSR count). The number of nitrogens with one attached hydrogen (secondary N) is 1. The Labute approximate surface area is 199 Å². The highest BCUT2D eigenvalue weighted by Gasteiger charge is 2.34. The number of ether oxygens (including phenoxy) is 1. The Hall–Kier alpha value is -4.00. The van der Waals surface area contributed by atoms with Gasteiger partial charge >= 0.3 is 0 Å². The molecule has 1 fully saturated rings. The molecule has 0 atom stereocenters. The average Bonchev–Trinajstić information content (AvgIpc) is 2.83. The molecule has 0 radical (unpaired) electrons.